The minimum Gasteiger partial charge on any atom is -0.348 e. The summed E-state index contributed by atoms with van der Waals surface area (Å²) in [5.74, 6) is -0.384. The molecule has 4 rings (SSSR count). The van der Waals surface area contributed by atoms with Crippen molar-refractivity contribution in [2.45, 2.75) is 24.9 Å². The zero-order valence-electron chi connectivity index (χ0n) is 17.0. The van der Waals surface area contributed by atoms with E-state index >= 15 is 0 Å². The van der Waals surface area contributed by atoms with Crippen LogP contribution in [-0.4, -0.2) is 50.6 Å². The van der Waals surface area contributed by atoms with E-state index in [9.17, 15) is 14.0 Å². The molecule has 1 aliphatic heterocycles. The largest absolute Gasteiger partial charge is 0.348 e. The summed E-state index contributed by atoms with van der Waals surface area (Å²) in [4.78, 5) is 27.7. The number of hydrogen-bond donors (Lipinski definition) is 4. The highest BCUT2D eigenvalue weighted by Crippen LogP contribution is 2.20. The van der Waals surface area contributed by atoms with E-state index in [0.29, 0.717) is 18.3 Å². The molecule has 2 aromatic carbocycles. The van der Waals surface area contributed by atoms with E-state index in [4.69, 9.17) is 0 Å². The Hall–Kier alpha value is -2.77. The lowest BCUT2D eigenvalue weighted by Gasteiger charge is -2.34. The van der Waals surface area contributed by atoms with Crippen LogP contribution in [-0.2, 0) is 9.59 Å². The number of carbonyl (C=O) groups is 2. The van der Waals surface area contributed by atoms with E-state index in [-0.39, 0.29) is 23.7 Å². The van der Waals surface area contributed by atoms with Crippen LogP contribution in [0.2, 0.25) is 0 Å². The van der Waals surface area contributed by atoms with Crippen molar-refractivity contribution in [2.75, 3.05) is 38.0 Å². The van der Waals surface area contributed by atoms with Crippen LogP contribution in [0, 0.1) is 5.82 Å². The Labute approximate surface area is 176 Å². The minimum atomic E-state index is -0.367. The minimum absolute atomic E-state index is 0.103. The first-order valence-electron chi connectivity index (χ1n) is 10.7. The van der Waals surface area contributed by atoms with Gasteiger partial charge >= 0.3 is 0 Å². The van der Waals surface area contributed by atoms with Gasteiger partial charge in [0.25, 0.3) is 11.8 Å². The molecule has 0 unspecified atom stereocenters. The fraction of sp³-hybridized carbons (Fsp3) is 0.391. The van der Waals surface area contributed by atoms with Crippen LogP contribution >= 0.6 is 0 Å². The molecular formula is C23H29FN4O2+2. The molecule has 2 fully saturated rings. The third kappa shape index (κ3) is 5.43. The van der Waals surface area contributed by atoms with Gasteiger partial charge in [-0.05, 0) is 31.0 Å². The van der Waals surface area contributed by atoms with Crippen molar-refractivity contribution < 1.29 is 23.8 Å². The summed E-state index contributed by atoms with van der Waals surface area (Å²) in [6, 6.07) is 16.0. The third-order valence-corrected chi connectivity index (χ3v) is 5.85. The van der Waals surface area contributed by atoms with Gasteiger partial charge in [0.1, 0.15) is 32.0 Å². The SMILES string of the molecule is O=C(C[NH+]1CC[NH+]([C@H](C(=O)NC2CC2)c2ccccc2)CC1)Nc1cccc(F)c1. The number of rotatable bonds is 7. The van der Waals surface area contributed by atoms with Crippen molar-refractivity contribution in [1.82, 2.24) is 5.32 Å². The van der Waals surface area contributed by atoms with Gasteiger partial charge in [-0.15, -0.1) is 0 Å². The fourth-order valence-electron chi connectivity index (χ4n) is 4.12. The van der Waals surface area contributed by atoms with Crippen LogP contribution in [0.3, 0.4) is 0 Å². The summed E-state index contributed by atoms with van der Waals surface area (Å²) in [5.41, 5.74) is 1.52. The predicted molar refractivity (Wildman–Crippen MR) is 112 cm³/mol. The molecule has 1 saturated carbocycles. The van der Waals surface area contributed by atoms with E-state index in [1.54, 1.807) is 12.1 Å². The highest BCUT2D eigenvalue weighted by atomic mass is 19.1. The van der Waals surface area contributed by atoms with Gasteiger partial charge in [0, 0.05) is 17.3 Å². The maximum atomic E-state index is 13.3. The van der Waals surface area contributed by atoms with Crippen molar-refractivity contribution in [2.24, 2.45) is 0 Å². The average Bonchev–Trinajstić information content (AvgIpc) is 3.54. The summed E-state index contributed by atoms with van der Waals surface area (Å²) >= 11 is 0. The molecule has 1 heterocycles. The van der Waals surface area contributed by atoms with Crippen LogP contribution in [0.25, 0.3) is 0 Å². The summed E-state index contributed by atoms with van der Waals surface area (Å²) in [5, 5.41) is 5.93. The smallest absolute Gasteiger partial charge is 0.283 e. The monoisotopic (exact) mass is 412 g/mol. The van der Waals surface area contributed by atoms with E-state index in [0.717, 1.165) is 44.6 Å². The summed E-state index contributed by atoms with van der Waals surface area (Å²) in [7, 11) is 0. The zero-order chi connectivity index (χ0) is 20.9. The van der Waals surface area contributed by atoms with Crippen molar-refractivity contribution in [3.05, 3.63) is 66.0 Å². The lowest BCUT2D eigenvalue weighted by atomic mass is 10.0. The van der Waals surface area contributed by atoms with Gasteiger partial charge in [-0.3, -0.25) is 9.59 Å². The molecule has 2 aromatic rings. The number of hydrogen-bond acceptors (Lipinski definition) is 2. The van der Waals surface area contributed by atoms with Crippen LogP contribution in [0.4, 0.5) is 10.1 Å². The lowest BCUT2D eigenvalue weighted by molar-refractivity contribution is -1.02. The number of quaternary nitrogens is 2. The molecule has 4 N–H and O–H groups in total. The first-order valence-corrected chi connectivity index (χ1v) is 10.7. The highest BCUT2D eigenvalue weighted by molar-refractivity contribution is 5.91. The summed E-state index contributed by atoms with van der Waals surface area (Å²) in [6.07, 6.45) is 2.14. The normalized spacial score (nSPS) is 22.2. The molecule has 0 aromatic heterocycles. The van der Waals surface area contributed by atoms with Gasteiger partial charge in [0.15, 0.2) is 12.6 Å². The van der Waals surface area contributed by atoms with Crippen molar-refractivity contribution in [1.29, 1.82) is 0 Å². The molecule has 2 aliphatic rings. The number of piperazine rings is 1. The molecule has 30 heavy (non-hydrogen) atoms. The molecule has 0 radical (unpaired) electrons. The van der Waals surface area contributed by atoms with Crippen molar-refractivity contribution >= 4 is 17.5 Å². The van der Waals surface area contributed by atoms with E-state index in [2.05, 4.69) is 10.6 Å². The van der Waals surface area contributed by atoms with Gasteiger partial charge in [0.2, 0.25) is 0 Å². The van der Waals surface area contributed by atoms with Crippen LogP contribution in [0.5, 0.6) is 0 Å². The first kappa shape index (κ1) is 20.5. The Morgan fingerprint density at radius 1 is 1.00 bits per heavy atom. The van der Waals surface area contributed by atoms with E-state index < -0.39 is 0 Å². The maximum Gasteiger partial charge on any atom is 0.283 e. The number of carbonyl (C=O) groups excluding carboxylic acids is 2. The second-order valence-corrected chi connectivity index (χ2v) is 8.27. The Kier molecular flexibility index (Phi) is 6.40. The molecule has 1 saturated heterocycles. The predicted octanol–water partition coefficient (Wildman–Crippen LogP) is -0.432. The Morgan fingerprint density at radius 3 is 2.40 bits per heavy atom. The number of halogens is 1. The maximum absolute atomic E-state index is 13.3. The molecule has 0 spiro atoms. The third-order valence-electron chi connectivity index (χ3n) is 5.85. The highest BCUT2D eigenvalue weighted by Gasteiger charge is 2.38. The van der Waals surface area contributed by atoms with Gasteiger partial charge in [-0.25, -0.2) is 4.39 Å². The Bertz CT molecular complexity index is 880. The number of nitrogens with one attached hydrogen (secondary N) is 4. The number of benzene rings is 2. The Balaban J connectivity index is 1.33. The summed E-state index contributed by atoms with van der Waals surface area (Å²) in [6.45, 7) is 3.60. The number of anilines is 1. The van der Waals surface area contributed by atoms with Crippen LogP contribution < -0.4 is 20.4 Å². The molecule has 6 nitrogen and oxygen atoms in total. The number of amides is 2. The second-order valence-electron chi connectivity index (χ2n) is 8.27. The van der Waals surface area contributed by atoms with Crippen molar-refractivity contribution in [3.63, 3.8) is 0 Å². The molecule has 2 amide bonds. The van der Waals surface area contributed by atoms with E-state index in [1.165, 1.54) is 21.9 Å². The molecule has 1 aliphatic carbocycles. The lowest BCUT2D eigenvalue weighted by Crippen LogP contribution is -3.28. The second kappa shape index (κ2) is 9.36. The quantitative estimate of drug-likeness (QED) is 0.499. The standard InChI is InChI=1S/C23H27FN4O2/c24-18-7-4-8-20(15-18)25-21(29)16-27-11-13-28(14-12-27)22(17-5-2-1-3-6-17)23(30)26-19-9-10-19/h1-8,15,19,22H,9-14,16H2,(H,25,29)(H,26,30)/p+2/t22-/m0/s1. The van der Waals surface area contributed by atoms with Gasteiger partial charge in [-0.2, -0.15) is 0 Å². The average molecular weight is 413 g/mol. The van der Waals surface area contributed by atoms with Gasteiger partial charge in [0.05, 0.1) is 0 Å². The van der Waals surface area contributed by atoms with Crippen LogP contribution in [0.15, 0.2) is 54.6 Å². The zero-order valence-corrected chi connectivity index (χ0v) is 17.0. The molecule has 7 heteroatoms. The molecular weight excluding hydrogens is 383 g/mol. The molecule has 0 bridgehead atoms. The van der Waals surface area contributed by atoms with Crippen molar-refractivity contribution in [3.8, 4) is 0 Å². The molecule has 158 valence electrons. The van der Waals surface area contributed by atoms with Gasteiger partial charge < -0.3 is 20.4 Å². The van der Waals surface area contributed by atoms with Gasteiger partial charge in [-0.1, -0.05) is 36.4 Å². The molecule has 1 atom stereocenters. The Morgan fingerprint density at radius 2 is 1.73 bits per heavy atom. The summed E-state index contributed by atoms with van der Waals surface area (Å²) < 4.78 is 13.3. The van der Waals surface area contributed by atoms with Crippen LogP contribution in [0.1, 0.15) is 24.4 Å². The van der Waals surface area contributed by atoms with E-state index in [1.807, 2.05) is 30.3 Å². The fourth-order valence-corrected chi connectivity index (χ4v) is 4.12. The first-order chi connectivity index (χ1) is 14.6. The topological polar surface area (TPSA) is 67.1 Å².